The first kappa shape index (κ1) is 18.2. The molecule has 4 heteroatoms. The third-order valence-electron chi connectivity index (χ3n) is 4.52. The maximum atomic E-state index is 12.5. The number of aromatic nitrogens is 1. The summed E-state index contributed by atoms with van der Waals surface area (Å²) in [5.74, 6) is -0.413. The summed E-state index contributed by atoms with van der Waals surface area (Å²) in [6, 6.07) is 21.3. The van der Waals surface area contributed by atoms with Crippen LogP contribution in [-0.4, -0.2) is 10.5 Å². The van der Waals surface area contributed by atoms with Crippen LogP contribution in [0.3, 0.4) is 0 Å². The Morgan fingerprint density at radius 1 is 1.04 bits per heavy atom. The summed E-state index contributed by atoms with van der Waals surface area (Å²) in [7, 11) is 0. The van der Waals surface area contributed by atoms with E-state index < -0.39 is 5.91 Å². The van der Waals surface area contributed by atoms with Crippen molar-refractivity contribution in [1.82, 2.24) is 4.57 Å². The predicted octanol–water partition coefficient (Wildman–Crippen LogP) is 4.95. The number of nitriles is 1. The number of carbonyl (C=O) groups is 1. The highest BCUT2D eigenvalue weighted by molar-refractivity contribution is 6.09. The number of para-hydroxylation sites is 2. The van der Waals surface area contributed by atoms with E-state index in [-0.39, 0.29) is 5.57 Å². The van der Waals surface area contributed by atoms with Gasteiger partial charge in [-0.3, -0.25) is 4.79 Å². The number of nitrogens with zero attached hydrogens (tertiary/aromatic N) is 2. The topological polar surface area (TPSA) is 57.8 Å². The summed E-state index contributed by atoms with van der Waals surface area (Å²) in [5.41, 5.74) is 5.89. The molecule has 0 spiro atoms. The summed E-state index contributed by atoms with van der Waals surface area (Å²) < 4.78 is 2.14. The van der Waals surface area contributed by atoms with Crippen LogP contribution in [0.25, 0.3) is 11.8 Å². The lowest BCUT2D eigenvalue weighted by molar-refractivity contribution is -0.112. The molecule has 1 N–H and O–H groups in total. The number of nitrogens with one attached hydrogen (secondary N) is 1. The SMILES string of the molecule is Cc1ccccc1-n1c(C)cc(C=C(C#N)C(=O)Nc2ccccc2)c1C. The molecule has 0 atom stereocenters. The minimum Gasteiger partial charge on any atom is -0.321 e. The number of aryl methyl sites for hydroxylation is 2. The van der Waals surface area contributed by atoms with Crippen molar-refractivity contribution in [1.29, 1.82) is 5.26 Å². The first-order chi connectivity index (χ1) is 13.0. The number of anilines is 1. The third kappa shape index (κ3) is 3.83. The highest BCUT2D eigenvalue weighted by atomic mass is 16.1. The molecule has 1 heterocycles. The Balaban J connectivity index is 1.96. The molecular weight excluding hydrogens is 334 g/mol. The van der Waals surface area contributed by atoms with Crippen LogP contribution in [0, 0.1) is 32.1 Å². The molecule has 0 aliphatic rings. The number of hydrogen-bond donors (Lipinski definition) is 1. The molecular formula is C23H21N3O. The Bertz CT molecular complexity index is 1050. The molecule has 4 nitrogen and oxygen atoms in total. The van der Waals surface area contributed by atoms with E-state index in [1.165, 1.54) is 0 Å². The fraction of sp³-hybridized carbons (Fsp3) is 0.130. The van der Waals surface area contributed by atoms with Gasteiger partial charge < -0.3 is 9.88 Å². The fourth-order valence-corrected chi connectivity index (χ4v) is 3.14. The van der Waals surface area contributed by atoms with Gasteiger partial charge in [-0.25, -0.2) is 0 Å². The quantitative estimate of drug-likeness (QED) is 0.532. The lowest BCUT2D eigenvalue weighted by Crippen LogP contribution is -2.13. The minimum atomic E-state index is -0.413. The predicted molar refractivity (Wildman–Crippen MR) is 109 cm³/mol. The monoisotopic (exact) mass is 355 g/mol. The lowest BCUT2D eigenvalue weighted by Gasteiger charge is -2.12. The van der Waals surface area contributed by atoms with Gasteiger partial charge in [-0.1, -0.05) is 36.4 Å². The van der Waals surface area contributed by atoms with Crippen LogP contribution in [0.1, 0.15) is 22.5 Å². The molecule has 2 aromatic carbocycles. The Kier molecular flexibility index (Phi) is 5.23. The lowest BCUT2D eigenvalue weighted by atomic mass is 10.1. The number of rotatable bonds is 4. The Morgan fingerprint density at radius 2 is 1.70 bits per heavy atom. The smallest absolute Gasteiger partial charge is 0.266 e. The molecule has 1 aromatic heterocycles. The van der Waals surface area contributed by atoms with Crippen molar-refractivity contribution >= 4 is 17.7 Å². The Labute approximate surface area is 159 Å². The van der Waals surface area contributed by atoms with Crippen LogP contribution in [0.4, 0.5) is 5.69 Å². The van der Waals surface area contributed by atoms with E-state index in [1.807, 2.05) is 56.3 Å². The van der Waals surface area contributed by atoms with Crippen LogP contribution < -0.4 is 5.32 Å². The average molecular weight is 355 g/mol. The van der Waals surface area contributed by atoms with E-state index in [1.54, 1.807) is 18.2 Å². The van der Waals surface area contributed by atoms with Crippen molar-refractivity contribution in [2.45, 2.75) is 20.8 Å². The van der Waals surface area contributed by atoms with Gasteiger partial charge in [-0.15, -0.1) is 0 Å². The molecule has 0 saturated carbocycles. The maximum absolute atomic E-state index is 12.5. The van der Waals surface area contributed by atoms with Crippen LogP contribution in [0.15, 0.2) is 66.2 Å². The van der Waals surface area contributed by atoms with Gasteiger partial charge in [0.2, 0.25) is 0 Å². The van der Waals surface area contributed by atoms with Gasteiger partial charge in [0.05, 0.1) is 0 Å². The summed E-state index contributed by atoms with van der Waals surface area (Å²) in [4.78, 5) is 12.5. The van der Waals surface area contributed by atoms with Gasteiger partial charge in [-0.2, -0.15) is 5.26 Å². The van der Waals surface area contributed by atoms with Crippen LogP contribution in [-0.2, 0) is 4.79 Å². The van der Waals surface area contributed by atoms with Crippen molar-refractivity contribution in [3.63, 3.8) is 0 Å². The van der Waals surface area contributed by atoms with Crippen LogP contribution >= 0.6 is 0 Å². The van der Waals surface area contributed by atoms with E-state index in [9.17, 15) is 10.1 Å². The first-order valence-corrected chi connectivity index (χ1v) is 8.74. The zero-order valence-electron chi connectivity index (χ0n) is 15.7. The summed E-state index contributed by atoms with van der Waals surface area (Å²) >= 11 is 0. The third-order valence-corrected chi connectivity index (χ3v) is 4.52. The van der Waals surface area contributed by atoms with Crippen molar-refractivity contribution in [3.05, 3.63) is 88.8 Å². The zero-order chi connectivity index (χ0) is 19.4. The highest BCUT2D eigenvalue weighted by Gasteiger charge is 2.14. The molecule has 3 aromatic rings. The Morgan fingerprint density at radius 3 is 2.37 bits per heavy atom. The standard InChI is InChI=1S/C23H21N3O/c1-16-9-7-8-12-22(16)26-17(2)13-19(18(26)3)14-20(15-24)23(27)25-21-10-5-4-6-11-21/h4-14H,1-3H3,(H,25,27). The molecule has 1 amide bonds. The van der Waals surface area contributed by atoms with Gasteiger partial charge in [0.15, 0.2) is 0 Å². The number of amides is 1. The first-order valence-electron chi connectivity index (χ1n) is 8.74. The Hall–Kier alpha value is -3.58. The van der Waals surface area contributed by atoms with Crippen LogP contribution in [0.5, 0.6) is 0 Å². The van der Waals surface area contributed by atoms with Gasteiger partial charge in [0, 0.05) is 22.8 Å². The zero-order valence-corrected chi connectivity index (χ0v) is 15.7. The molecule has 3 rings (SSSR count). The number of carbonyl (C=O) groups excluding carboxylic acids is 1. The summed E-state index contributed by atoms with van der Waals surface area (Å²) in [6.07, 6.45) is 1.65. The van der Waals surface area contributed by atoms with E-state index >= 15 is 0 Å². The van der Waals surface area contributed by atoms with E-state index in [0.29, 0.717) is 5.69 Å². The second-order valence-corrected chi connectivity index (χ2v) is 6.44. The summed E-state index contributed by atoms with van der Waals surface area (Å²) in [6.45, 7) is 6.08. The molecule has 0 bridgehead atoms. The van der Waals surface area contributed by atoms with E-state index in [0.717, 1.165) is 28.2 Å². The van der Waals surface area contributed by atoms with Gasteiger partial charge in [-0.05, 0) is 62.2 Å². The molecule has 134 valence electrons. The molecule has 0 aliphatic heterocycles. The summed E-state index contributed by atoms with van der Waals surface area (Å²) in [5, 5.41) is 12.2. The normalized spacial score (nSPS) is 11.1. The van der Waals surface area contributed by atoms with Gasteiger partial charge in [0.1, 0.15) is 11.6 Å². The van der Waals surface area contributed by atoms with Crippen LogP contribution in [0.2, 0.25) is 0 Å². The number of hydrogen-bond acceptors (Lipinski definition) is 2. The van der Waals surface area contributed by atoms with E-state index in [2.05, 4.69) is 28.9 Å². The molecule has 0 unspecified atom stereocenters. The maximum Gasteiger partial charge on any atom is 0.266 e. The molecule has 27 heavy (non-hydrogen) atoms. The minimum absolute atomic E-state index is 0.0730. The molecule has 0 fully saturated rings. The van der Waals surface area contributed by atoms with Crippen molar-refractivity contribution < 1.29 is 4.79 Å². The second-order valence-electron chi connectivity index (χ2n) is 6.44. The van der Waals surface area contributed by atoms with Gasteiger partial charge in [0.25, 0.3) is 5.91 Å². The van der Waals surface area contributed by atoms with Crippen molar-refractivity contribution in [2.24, 2.45) is 0 Å². The molecule has 0 saturated heterocycles. The fourth-order valence-electron chi connectivity index (χ4n) is 3.14. The van der Waals surface area contributed by atoms with Gasteiger partial charge >= 0.3 is 0 Å². The van der Waals surface area contributed by atoms with E-state index in [4.69, 9.17) is 0 Å². The number of benzene rings is 2. The second kappa shape index (κ2) is 7.76. The average Bonchev–Trinajstić information content (AvgIpc) is 2.94. The largest absolute Gasteiger partial charge is 0.321 e. The molecule has 0 radical (unpaired) electrons. The van der Waals surface area contributed by atoms with Crippen molar-refractivity contribution in [2.75, 3.05) is 5.32 Å². The highest BCUT2D eigenvalue weighted by Crippen LogP contribution is 2.25. The van der Waals surface area contributed by atoms with Crippen molar-refractivity contribution in [3.8, 4) is 11.8 Å². The molecule has 0 aliphatic carbocycles.